The number of carbonyl (C=O) groups is 3. The van der Waals surface area contributed by atoms with Crippen molar-refractivity contribution in [3.05, 3.63) is 12.7 Å². The molecule has 0 amide bonds. The lowest BCUT2D eigenvalue weighted by Crippen LogP contribution is -2.40. The summed E-state index contributed by atoms with van der Waals surface area (Å²) < 4.78 is 15.7. The maximum Gasteiger partial charge on any atom is 0.348 e. The van der Waals surface area contributed by atoms with Crippen LogP contribution in [-0.2, 0) is 28.6 Å². The molecule has 1 aliphatic rings. The summed E-state index contributed by atoms with van der Waals surface area (Å²) in [5, 5.41) is 0. The van der Waals surface area contributed by atoms with Crippen molar-refractivity contribution in [3.8, 4) is 0 Å². The van der Waals surface area contributed by atoms with Crippen molar-refractivity contribution in [2.75, 3.05) is 0 Å². The van der Waals surface area contributed by atoms with E-state index in [9.17, 15) is 14.4 Å². The predicted octanol–water partition coefficient (Wildman–Crippen LogP) is 2.55. The van der Waals surface area contributed by atoms with Gasteiger partial charge in [0, 0.05) is 18.9 Å². The second-order valence-corrected chi connectivity index (χ2v) is 7.72. The summed E-state index contributed by atoms with van der Waals surface area (Å²) in [6, 6.07) is 0. The first-order chi connectivity index (χ1) is 10.3. The van der Waals surface area contributed by atoms with Gasteiger partial charge in [-0.15, -0.1) is 0 Å². The minimum Gasteiger partial charge on any atom is -0.457 e. The van der Waals surface area contributed by atoms with Crippen LogP contribution in [0.15, 0.2) is 12.7 Å². The number of rotatable bonds is 6. The molecular formula is C17H26O6. The molecule has 0 aromatic carbocycles. The maximum absolute atomic E-state index is 12.4. The summed E-state index contributed by atoms with van der Waals surface area (Å²) in [7, 11) is 0. The van der Waals surface area contributed by atoms with Crippen LogP contribution in [0.5, 0.6) is 0 Å². The van der Waals surface area contributed by atoms with Crippen LogP contribution in [-0.4, -0.2) is 35.2 Å². The Morgan fingerprint density at radius 3 is 2.35 bits per heavy atom. The van der Waals surface area contributed by atoms with Gasteiger partial charge >= 0.3 is 17.9 Å². The SMILES string of the molecule is C=CC(=O)OC(C)(C)CC(C)(C)C(=O)OC1CC(C)(C)OC1=O. The Morgan fingerprint density at radius 1 is 1.35 bits per heavy atom. The van der Waals surface area contributed by atoms with Crippen LogP contribution in [0.3, 0.4) is 0 Å². The van der Waals surface area contributed by atoms with Crippen molar-refractivity contribution in [1.82, 2.24) is 0 Å². The number of esters is 3. The van der Waals surface area contributed by atoms with Gasteiger partial charge in [-0.05, 0) is 41.5 Å². The van der Waals surface area contributed by atoms with Gasteiger partial charge in [0.05, 0.1) is 5.41 Å². The largest absolute Gasteiger partial charge is 0.457 e. The van der Waals surface area contributed by atoms with E-state index >= 15 is 0 Å². The Morgan fingerprint density at radius 2 is 1.91 bits per heavy atom. The van der Waals surface area contributed by atoms with Gasteiger partial charge in [0.15, 0.2) is 0 Å². The lowest BCUT2D eigenvalue weighted by molar-refractivity contribution is -0.172. The number of ether oxygens (including phenoxy) is 3. The Kier molecular flexibility index (Phi) is 5.29. The first-order valence-corrected chi connectivity index (χ1v) is 7.57. The molecular weight excluding hydrogens is 300 g/mol. The molecule has 1 aliphatic heterocycles. The van der Waals surface area contributed by atoms with Gasteiger partial charge in [-0.1, -0.05) is 6.58 Å². The number of carbonyl (C=O) groups excluding carboxylic acids is 3. The van der Waals surface area contributed by atoms with Gasteiger partial charge in [-0.25, -0.2) is 9.59 Å². The third-order valence-corrected chi connectivity index (χ3v) is 3.53. The van der Waals surface area contributed by atoms with Crippen LogP contribution in [0, 0.1) is 5.41 Å². The zero-order valence-electron chi connectivity index (χ0n) is 14.7. The van der Waals surface area contributed by atoms with Gasteiger partial charge in [0.1, 0.15) is 11.2 Å². The molecule has 0 spiro atoms. The fourth-order valence-electron chi connectivity index (χ4n) is 2.77. The number of cyclic esters (lactones) is 1. The molecule has 1 unspecified atom stereocenters. The van der Waals surface area contributed by atoms with Crippen LogP contribution < -0.4 is 0 Å². The van der Waals surface area contributed by atoms with Crippen LogP contribution in [0.25, 0.3) is 0 Å². The van der Waals surface area contributed by atoms with E-state index in [0.717, 1.165) is 6.08 Å². The number of hydrogen-bond acceptors (Lipinski definition) is 6. The monoisotopic (exact) mass is 326 g/mol. The topological polar surface area (TPSA) is 78.9 Å². The maximum atomic E-state index is 12.4. The lowest BCUT2D eigenvalue weighted by Gasteiger charge is -2.33. The predicted molar refractivity (Wildman–Crippen MR) is 83.4 cm³/mol. The molecule has 0 saturated carbocycles. The van der Waals surface area contributed by atoms with Crippen molar-refractivity contribution in [1.29, 1.82) is 0 Å². The normalized spacial score (nSPS) is 20.6. The molecule has 6 nitrogen and oxygen atoms in total. The van der Waals surface area contributed by atoms with Crippen LogP contribution in [0.2, 0.25) is 0 Å². The Labute approximate surface area is 137 Å². The van der Waals surface area contributed by atoms with Crippen molar-refractivity contribution in [2.45, 2.75) is 71.7 Å². The molecule has 1 fully saturated rings. The van der Waals surface area contributed by atoms with E-state index in [0.29, 0.717) is 6.42 Å². The van der Waals surface area contributed by atoms with Crippen LogP contribution >= 0.6 is 0 Å². The average Bonchev–Trinajstić information content (AvgIpc) is 2.59. The Balaban J connectivity index is 2.72. The molecule has 0 bridgehead atoms. The van der Waals surface area contributed by atoms with Crippen molar-refractivity contribution in [3.63, 3.8) is 0 Å². The second kappa shape index (κ2) is 6.34. The molecule has 0 aromatic rings. The molecule has 1 atom stereocenters. The zero-order valence-corrected chi connectivity index (χ0v) is 14.7. The minimum atomic E-state index is -0.933. The van der Waals surface area contributed by atoms with E-state index in [4.69, 9.17) is 14.2 Å². The zero-order chi connectivity index (χ0) is 18.1. The van der Waals surface area contributed by atoms with Gasteiger partial charge in [0.25, 0.3) is 0 Å². The summed E-state index contributed by atoms with van der Waals surface area (Å²) >= 11 is 0. The van der Waals surface area contributed by atoms with Crippen LogP contribution in [0.1, 0.15) is 54.4 Å². The molecule has 1 rings (SSSR count). The lowest BCUT2D eigenvalue weighted by atomic mass is 9.81. The highest BCUT2D eigenvalue weighted by Gasteiger charge is 2.45. The summed E-state index contributed by atoms with van der Waals surface area (Å²) in [5.74, 6) is -1.61. The van der Waals surface area contributed by atoms with Gasteiger partial charge in [-0.2, -0.15) is 0 Å². The van der Waals surface area contributed by atoms with Gasteiger partial charge in [0.2, 0.25) is 6.10 Å². The molecule has 0 N–H and O–H groups in total. The van der Waals surface area contributed by atoms with E-state index in [-0.39, 0.29) is 6.42 Å². The third-order valence-electron chi connectivity index (χ3n) is 3.53. The quantitative estimate of drug-likeness (QED) is 0.424. The van der Waals surface area contributed by atoms with E-state index < -0.39 is 40.6 Å². The van der Waals surface area contributed by atoms with Gasteiger partial charge < -0.3 is 14.2 Å². The van der Waals surface area contributed by atoms with E-state index in [1.54, 1.807) is 41.5 Å². The number of hydrogen-bond donors (Lipinski definition) is 0. The molecule has 130 valence electrons. The third kappa shape index (κ3) is 5.37. The van der Waals surface area contributed by atoms with Crippen LogP contribution in [0.4, 0.5) is 0 Å². The van der Waals surface area contributed by atoms with Gasteiger partial charge in [-0.3, -0.25) is 4.79 Å². The first-order valence-electron chi connectivity index (χ1n) is 7.57. The fraction of sp³-hybridized carbons (Fsp3) is 0.706. The Bertz CT molecular complexity index is 515. The summed E-state index contributed by atoms with van der Waals surface area (Å²) in [6.07, 6.45) is 0.742. The second-order valence-electron chi connectivity index (χ2n) is 7.72. The highest BCUT2D eigenvalue weighted by atomic mass is 16.6. The highest BCUT2D eigenvalue weighted by Crippen LogP contribution is 2.34. The summed E-state index contributed by atoms with van der Waals surface area (Å²) in [6.45, 7) is 13.7. The molecule has 6 heteroatoms. The average molecular weight is 326 g/mol. The summed E-state index contributed by atoms with van der Waals surface area (Å²) in [5.41, 5.74) is -2.44. The smallest absolute Gasteiger partial charge is 0.348 e. The van der Waals surface area contributed by atoms with Crippen molar-refractivity contribution >= 4 is 17.9 Å². The molecule has 1 saturated heterocycles. The standard InChI is InChI=1S/C17H26O6/c1-8-12(18)22-17(6,7)10-15(2,3)14(20)21-11-9-16(4,5)23-13(11)19/h8,11H,1,9-10H2,2-7H3. The molecule has 0 aromatic heterocycles. The molecule has 0 aliphatic carbocycles. The van der Waals surface area contributed by atoms with E-state index in [1.165, 1.54) is 0 Å². The molecule has 23 heavy (non-hydrogen) atoms. The van der Waals surface area contributed by atoms with Crippen molar-refractivity contribution < 1.29 is 28.6 Å². The minimum absolute atomic E-state index is 0.240. The summed E-state index contributed by atoms with van der Waals surface area (Å²) in [4.78, 5) is 35.5. The molecule has 1 heterocycles. The fourth-order valence-corrected chi connectivity index (χ4v) is 2.77. The highest BCUT2D eigenvalue weighted by molar-refractivity contribution is 5.84. The van der Waals surface area contributed by atoms with Crippen molar-refractivity contribution in [2.24, 2.45) is 5.41 Å². The van der Waals surface area contributed by atoms with E-state index in [1.807, 2.05) is 0 Å². The van der Waals surface area contributed by atoms with E-state index in [2.05, 4.69) is 6.58 Å². The molecule has 0 radical (unpaired) electrons. The first kappa shape index (κ1) is 19.2. The Hall–Kier alpha value is -1.85.